The summed E-state index contributed by atoms with van der Waals surface area (Å²) in [5.74, 6) is 1.25. The Bertz CT molecular complexity index is 802. The van der Waals surface area contributed by atoms with Crippen LogP contribution in [0.15, 0.2) is 18.2 Å². The molecule has 1 N–H and O–H groups in total. The smallest absolute Gasteiger partial charge is 0.274 e. The molecular formula is C20H27N5O. The first-order chi connectivity index (χ1) is 12.3. The normalized spacial score (nSPS) is 15.2. The molecule has 0 unspecified atom stereocenters. The zero-order valence-corrected chi connectivity index (χ0v) is 16.3. The van der Waals surface area contributed by atoms with E-state index in [1.807, 2.05) is 20.8 Å². The van der Waals surface area contributed by atoms with E-state index in [1.54, 1.807) is 6.07 Å². The van der Waals surface area contributed by atoms with E-state index < -0.39 is 0 Å². The maximum atomic E-state index is 12.8. The minimum atomic E-state index is -0.194. The van der Waals surface area contributed by atoms with Gasteiger partial charge in [-0.1, -0.05) is 17.7 Å². The molecule has 1 aromatic carbocycles. The molecule has 0 aliphatic carbocycles. The highest BCUT2D eigenvalue weighted by Crippen LogP contribution is 2.23. The molecular weight excluding hydrogens is 326 g/mol. The van der Waals surface area contributed by atoms with Crippen molar-refractivity contribution < 1.29 is 4.79 Å². The molecule has 138 valence electrons. The van der Waals surface area contributed by atoms with Crippen LogP contribution in [0.2, 0.25) is 0 Å². The van der Waals surface area contributed by atoms with E-state index in [-0.39, 0.29) is 5.91 Å². The van der Waals surface area contributed by atoms with Crippen molar-refractivity contribution in [3.8, 4) is 0 Å². The largest absolute Gasteiger partial charge is 0.354 e. The Morgan fingerprint density at radius 2 is 1.58 bits per heavy atom. The highest BCUT2D eigenvalue weighted by Gasteiger charge is 2.19. The Labute approximate surface area is 155 Å². The Hall–Kier alpha value is -2.47. The van der Waals surface area contributed by atoms with E-state index in [9.17, 15) is 4.79 Å². The molecule has 1 amide bonds. The van der Waals surface area contributed by atoms with Gasteiger partial charge in [0.05, 0.1) is 0 Å². The fraction of sp³-hybridized carbons (Fsp3) is 0.450. The number of benzene rings is 1. The lowest BCUT2D eigenvalue weighted by molar-refractivity contribution is 0.102. The van der Waals surface area contributed by atoms with Gasteiger partial charge in [0.15, 0.2) is 0 Å². The van der Waals surface area contributed by atoms with E-state index in [0.717, 1.165) is 48.8 Å². The van der Waals surface area contributed by atoms with E-state index in [1.165, 1.54) is 5.56 Å². The van der Waals surface area contributed by atoms with Crippen molar-refractivity contribution in [1.82, 2.24) is 14.9 Å². The van der Waals surface area contributed by atoms with Crippen molar-refractivity contribution in [3.05, 3.63) is 46.4 Å². The second-order valence-electron chi connectivity index (χ2n) is 7.18. The number of hydrogen-bond acceptors (Lipinski definition) is 5. The number of amides is 1. The first-order valence-electron chi connectivity index (χ1n) is 9.02. The van der Waals surface area contributed by atoms with E-state index >= 15 is 0 Å². The van der Waals surface area contributed by atoms with Crippen LogP contribution in [0.5, 0.6) is 0 Å². The van der Waals surface area contributed by atoms with Gasteiger partial charge in [-0.25, -0.2) is 9.97 Å². The van der Waals surface area contributed by atoms with Crippen molar-refractivity contribution in [2.24, 2.45) is 0 Å². The third kappa shape index (κ3) is 4.02. The van der Waals surface area contributed by atoms with Crippen LogP contribution in [0.1, 0.15) is 33.0 Å². The molecule has 1 fully saturated rings. The fourth-order valence-corrected chi connectivity index (χ4v) is 3.42. The van der Waals surface area contributed by atoms with Crippen LogP contribution < -0.4 is 10.2 Å². The van der Waals surface area contributed by atoms with Crippen LogP contribution in [-0.2, 0) is 0 Å². The number of nitrogens with zero attached hydrogens (tertiary/aromatic N) is 4. The van der Waals surface area contributed by atoms with Crippen molar-refractivity contribution in [3.63, 3.8) is 0 Å². The van der Waals surface area contributed by atoms with Gasteiger partial charge in [0.25, 0.3) is 5.91 Å². The molecule has 3 rings (SSSR count). The van der Waals surface area contributed by atoms with Crippen molar-refractivity contribution >= 4 is 17.4 Å². The van der Waals surface area contributed by atoms with Gasteiger partial charge >= 0.3 is 0 Å². The number of hydrogen-bond donors (Lipinski definition) is 1. The predicted octanol–water partition coefficient (Wildman–Crippen LogP) is 2.71. The van der Waals surface area contributed by atoms with Crippen LogP contribution in [-0.4, -0.2) is 54.0 Å². The van der Waals surface area contributed by atoms with Gasteiger partial charge in [0.2, 0.25) is 0 Å². The van der Waals surface area contributed by atoms with Crippen LogP contribution in [0.3, 0.4) is 0 Å². The molecule has 1 aliphatic heterocycles. The maximum absolute atomic E-state index is 12.8. The molecule has 0 bridgehead atoms. The summed E-state index contributed by atoms with van der Waals surface area (Å²) in [6.45, 7) is 11.7. The lowest BCUT2D eigenvalue weighted by Gasteiger charge is -2.33. The number of aryl methyl sites for hydroxylation is 4. The van der Waals surface area contributed by atoms with Crippen LogP contribution in [0.4, 0.5) is 11.5 Å². The zero-order valence-electron chi connectivity index (χ0n) is 16.3. The van der Waals surface area contributed by atoms with E-state index in [0.29, 0.717) is 11.5 Å². The summed E-state index contributed by atoms with van der Waals surface area (Å²) >= 11 is 0. The van der Waals surface area contributed by atoms with Gasteiger partial charge < -0.3 is 15.1 Å². The number of carbonyl (C=O) groups excluding carboxylic acids is 1. The van der Waals surface area contributed by atoms with Gasteiger partial charge in [-0.3, -0.25) is 4.79 Å². The van der Waals surface area contributed by atoms with Crippen LogP contribution >= 0.6 is 0 Å². The van der Waals surface area contributed by atoms with Gasteiger partial charge in [-0.05, 0) is 45.9 Å². The third-order valence-electron chi connectivity index (χ3n) is 4.80. The molecule has 6 heteroatoms. The highest BCUT2D eigenvalue weighted by molar-refractivity contribution is 6.04. The first kappa shape index (κ1) is 18.3. The average molecular weight is 353 g/mol. The van der Waals surface area contributed by atoms with E-state index in [2.05, 4.69) is 51.2 Å². The molecule has 2 heterocycles. The number of aromatic nitrogens is 2. The summed E-state index contributed by atoms with van der Waals surface area (Å²) in [6.07, 6.45) is 0. The standard InChI is InChI=1S/C20H27N5O/c1-13-10-14(2)19(15(3)11-13)23-20(26)17-12-18(22-16(4)21-17)25-8-6-24(5)7-9-25/h10-12H,6-9H2,1-5H3,(H,23,26). The topological polar surface area (TPSA) is 61.4 Å². The number of anilines is 2. The summed E-state index contributed by atoms with van der Waals surface area (Å²) in [6, 6.07) is 5.94. The molecule has 1 aliphatic rings. The molecule has 0 spiro atoms. The average Bonchev–Trinajstić information content (AvgIpc) is 2.58. The van der Waals surface area contributed by atoms with Crippen molar-refractivity contribution in [1.29, 1.82) is 0 Å². The highest BCUT2D eigenvalue weighted by atomic mass is 16.1. The van der Waals surface area contributed by atoms with Gasteiger partial charge in [0.1, 0.15) is 17.3 Å². The molecule has 6 nitrogen and oxygen atoms in total. The minimum absolute atomic E-state index is 0.194. The number of carbonyl (C=O) groups is 1. The maximum Gasteiger partial charge on any atom is 0.274 e. The molecule has 0 atom stereocenters. The summed E-state index contributed by atoms with van der Waals surface area (Å²) in [7, 11) is 2.12. The summed E-state index contributed by atoms with van der Waals surface area (Å²) in [5.41, 5.74) is 4.57. The number of nitrogens with one attached hydrogen (secondary N) is 1. The van der Waals surface area contributed by atoms with Crippen molar-refractivity contribution in [2.45, 2.75) is 27.7 Å². The Morgan fingerprint density at radius 1 is 0.962 bits per heavy atom. The quantitative estimate of drug-likeness (QED) is 0.919. The number of piperazine rings is 1. The van der Waals surface area contributed by atoms with Crippen LogP contribution in [0.25, 0.3) is 0 Å². The molecule has 2 aromatic rings. The van der Waals surface area contributed by atoms with Crippen molar-refractivity contribution in [2.75, 3.05) is 43.4 Å². The van der Waals surface area contributed by atoms with Gasteiger partial charge in [-0.2, -0.15) is 0 Å². The third-order valence-corrected chi connectivity index (χ3v) is 4.80. The SMILES string of the molecule is Cc1cc(C)c(NC(=O)c2cc(N3CCN(C)CC3)nc(C)n2)c(C)c1. The summed E-state index contributed by atoms with van der Waals surface area (Å²) in [5, 5.41) is 3.03. The fourth-order valence-electron chi connectivity index (χ4n) is 3.42. The first-order valence-corrected chi connectivity index (χ1v) is 9.02. The van der Waals surface area contributed by atoms with Gasteiger partial charge in [-0.15, -0.1) is 0 Å². The molecule has 1 aromatic heterocycles. The predicted molar refractivity (Wildman–Crippen MR) is 105 cm³/mol. The summed E-state index contributed by atoms with van der Waals surface area (Å²) < 4.78 is 0. The Balaban J connectivity index is 1.84. The second-order valence-corrected chi connectivity index (χ2v) is 7.18. The second kappa shape index (κ2) is 7.41. The zero-order chi connectivity index (χ0) is 18.8. The monoisotopic (exact) mass is 353 g/mol. The number of rotatable bonds is 3. The Kier molecular flexibility index (Phi) is 5.23. The minimum Gasteiger partial charge on any atom is -0.354 e. The van der Waals surface area contributed by atoms with E-state index in [4.69, 9.17) is 0 Å². The number of likely N-dealkylation sites (N-methyl/N-ethyl adjacent to an activating group) is 1. The molecule has 0 saturated carbocycles. The lowest BCUT2D eigenvalue weighted by atomic mass is 10.0. The lowest BCUT2D eigenvalue weighted by Crippen LogP contribution is -2.45. The molecule has 1 saturated heterocycles. The van der Waals surface area contributed by atoms with Crippen LogP contribution in [0, 0.1) is 27.7 Å². The summed E-state index contributed by atoms with van der Waals surface area (Å²) in [4.78, 5) is 26.2. The molecule has 26 heavy (non-hydrogen) atoms. The molecule has 0 radical (unpaired) electrons. The van der Waals surface area contributed by atoms with Gasteiger partial charge in [0, 0.05) is 37.9 Å². The Morgan fingerprint density at radius 3 is 2.19 bits per heavy atom.